The second-order valence-electron chi connectivity index (χ2n) is 6.41. The number of piperazine rings is 1. The van der Waals surface area contributed by atoms with Crippen LogP contribution >= 0.6 is 37.2 Å². The van der Waals surface area contributed by atoms with Crippen LogP contribution in [0.25, 0.3) is 0 Å². The van der Waals surface area contributed by atoms with Crippen molar-refractivity contribution in [3.63, 3.8) is 0 Å². The predicted molar refractivity (Wildman–Crippen MR) is 108 cm³/mol. The molecule has 0 atom stereocenters. The summed E-state index contributed by atoms with van der Waals surface area (Å²) in [5, 5.41) is 6.23. The van der Waals surface area contributed by atoms with Crippen LogP contribution in [-0.2, 0) is 4.79 Å². The van der Waals surface area contributed by atoms with Crippen molar-refractivity contribution in [2.24, 2.45) is 5.92 Å². The molecule has 0 aromatic rings. The van der Waals surface area contributed by atoms with E-state index in [2.05, 4.69) is 27.4 Å². The van der Waals surface area contributed by atoms with Crippen LogP contribution < -0.4 is 10.6 Å². The molecule has 0 aromatic carbocycles. The number of carbonyl (C=O) groups is 1. The molecule has 0 bridgehead atoms. The third-order valence-electron chi connectivity index (χ3n) is 4.55. The molecule has 1 amide bonds. The number of amides is 1. The standard InChI is InChI=1S/C16H32N4O.3ClH/c1-2-19-9-11-20(12-10-19)8-4-3-7-18-16(21)14-17-13-15-5-6-15;;;/h15,17H,2-14H2,1H3,(H,18,21);3*1H. The SMILES string of the molecule is CCN1CCN(CCCCNC(=O)CNCC2CC2)CC1.Cl.Cl.Cl. The van der Waals surface area contributed by atoms with Crippen LogP contribution in [0.1, 0.15) is 32.6 Å². The number of carbonyl (C=O) groups excluding carboxylic acids is 1. The number of rotatable bonds is 10. The summed E-state index contributed by atoms with van der Waals surface area (Å²) in [6.07, 6.45) is 4.94. The third-order valence-corrected chi connectivity index (χ3v) is 4.55. The molecule has 1 saturated heterocycles. The van der Waals surface area contributed by atoms with Crippen molar-refractivity contribution in [1.29, 1.82) is 0 Å². The van der Waals surface area contributed by atoms with Gasteiger partial charge in [-0.25, -0.2) is 0 Å². The topological polar surface area (TPSA) is 47.6 Å². The Morgan fingerprint density at radius 1 is 1.00 bits per heavy atom. The highest BCUT2D eigenvalue weighted by atomic mass is 35.5. The fraction of sp³-hybridized carbons (Fsp3) is 0.938. The molecule has 0 spiro atoms. The van der Waals surface area contributed by atoms with Gasteiger partial charge >= 0.3 is 0 Å². The molecule has 1 aliphatic heterocycles. The fourth-order valence-corrected chi connectivity index (χ4v) is 2.79. The third kappa shape index (κ3) is 11.7. The minimum Gasteiger partial charge on any atom is -0.355 e. The minimum absolute atomic E-state index is 0. The zero-order valence-corrected chi connectivity index (χ0v) is 17.2. The molecule has 2 rings (SSSR count). The van der Waals surface area contributed by atoms with Crippen molar-refractivity contribution in [3.05, 3.63) is 0 Å². The van der Waals surface area contributed by atoms with Crippen LogP contribution in [0.3, 0.4) is 0 Å². The lowest BCUT2D eigenvalue weighted by molar-refractivity contribution is -0.120. The van der Waals surface area contributed by atoms with Gasteiger partial charge in [0.25, 0.3) is 0 Å². The highest BCUT2D eigenvalue weighted by Crippen LogP contribution is 2.27. The van der Waals surface area contributed by atoms with Gasteiger partial charge in [-0.15, -0.1) is 37.2 Å². The van der Waals surface area contributed by atoms with E-state index in [9.17, 15) is 4.79 Å². The quantitative estimate of drug-likeness (QED) is 0.544. The molecule has 5 nitrogen and oxygen atoms in total. The van der Waals surface area contributed by atoms with E-state index in [-0.39, 0.29) is 43.1 Å². The normalized spacial score (nSPS) is 18.0. The fourth-order valence-electron chi connectivity index (χ4n) is 2.79. The summed E-state index contributed by atoms with van der Waals surface area (Å²) in [6.45, 7) is 11.7. The summed E-state index contributed by atoms with van der Waals surface area (Å²) >= 11 is 0. The van der Waals surface area contributed by atoms with E-state index in [4.69, 9.17) is 0 Å². The first-order valence-corrected chi connectivity index (χ1v) is 8.70. The number of likely N-dealkylation sites (N-methyl/N-ethyl adjacent to an activating group) is 1. The van der Waals surface area contributed by atoms with Gasteiger partial charge in [-0.05, 0) is 51.2 Å². The summed E-state index contributed by atoms with van der Waals surface area (Å²) in [7, 11) is 0. The number of halogens is 3. The van der Waals surface area contributed by atoms with E-state index in [1.807, 2.05) is 0 Å². The number of hydrogen-bond acceptors (Lipinski definition) is 4. The van der Waals surface area contributed by atoms with Crippen LogP contribution in [0, 0.1) is 5.92 Å². The lowest BCUT2D eigenvalue weighted by Crippen LogP contribution is -2.46. The van der Waals surface area contributed by atoms with Crippen molar-refractivity contribution in [3.8, 4) is 0 Å². The Labute approximate surface area is 165 Å². The summed E-state index contributed by atoms with van der Waals surface area (Å²) < 4.78 is 0. The Hall–Kier alpha value is 0.220. The average molecular weight is 406 g/mol. The van der Waals surface area contributed by atoms with Crippen LogP contribution in [0.15, 0.2) is 0 Å². The maximum Gasteiger partial charge on any atom is 0.233 e. The Morgan fingerprint density at radius 3 is 2.21 bits per heavy atom. The van der Waals surface area contributed by atoms with Crippen molar-refractivity contribution in [2.75, 3.05) is 58.9 Å². The first-order valence-electron chi connectivity index (χ1n) is 8.70. The molecule has 0 unspecified atom stereocenters. The summed E-state index contributed by atoms with van der Waals surface area (Å²) in [5.41, 5.74) is 0. The van der Waals surface area contributed by atoms with Gasteiger partial charge in [0, 0.05) is 32.7 Å². The van der Waals surface area contributed by atoms with Crippen LogP contribution in [-0.4, -0.2) is 74.6 Å². The van der Waals surface area contributed by atoms with Crippen LogP contribution in [0.5, 0.6) is 0 Å². The van der Waals surface area contributed by atoms with E-state index in [1.165, 1.54) is 58.5 Å². The Kier molecular flexibility index (Phi) is 17.1. The number of hydrogen-bond donors (Lipinski definition) is 2. The number of unbranched alkanes of at least 4 members (excludes halogenated alkanes) is 1. The molecule has 2 N–H and O–H groups in total. The van der Waals surface area contributed by atoms with Crippen molar-refractivity contribution in [1.82, 2.24) is 20.4 Å². The van der Waals surface area contributed by atoms with Gasteiger partial charge in [0.15, 0.2) is 0 Å². The van der Waals surface area contributed by atoms with Crippen molar-refractivity contribution < 1.29 is 4.79 Å². The average Bonchev–Trinajstić information content (AvgIpc) is 3.32. The second kappa shape index (κ2) is 15.5. The molecule has 146 valence electrons. The van der Waals surface area contributed by atoms with Gasteiger partial charge in [-0.1, -0.05) is 6.92 Å². The molecule has 2 fully saturated rings. The van der Waals surface area contributed by atoms with Gasteiger partial charge in [0.1, 0.15) is 0 Å². The largest absolute Gasteiger partial charge is 0.355 e. The first kappa shape index (κ1) is 26.4. The zero-order valence-electron chi connectivity index (χ0n) is 14.8. The number of nitrogens with one attached hydrogen (secondary N) is 2. The van der Waals surface area contributed by atoms with Crippen LogP contribution in [0.2, 0.25) is 0 Å². The smallest absolute Gasteiger partial charge is 0.233 e. The van der Waals surface area contributed by atoms with E-state index in [0.29, 0.717) is 6.54 Å². The summed E-state index contributed by atoms with van der Waals surface area (Å²) in [4.78, 5) is 16.6. The minimum atomic E-state index is 0. The van der Waals surface area contributed by atoms with Gasteiger partial charge in [-0.2, -0.15) is 0 Å². The van der Waals surface area contributed by atoms with Gasteiger partial charge in [0.2, 0.25) is 5.91 Å². The predicted octanol–water partition coefficient (Wildman–Crippen LogP) is 1.79. The van der Waals surface area contributed by atoms with Gasteiger partial charge in [0.05, 0.1) is 6.54 Å². The second-order valence-corrected chi connectivity index (χ2v) is 6.41. The van der Waals surface area contributed by atoms with E-state index in [0.717, 1.165) is 25.4 Å². The van der Waals surface area contributed by atoms with E-state index >= 15 is 0 Å². The summed E-state index contributed by atoms with van der Waals surface area (Å²) in [5.74, 6) is 0.984. The lowest BCUT2D eigenvalue weighted by Gasteiger charge is -2.33. The van der Waals surface area contributed by atoms with E-state index in [1.54, 1.807) is 0 Å². The van der Waals surface area contributed by atoms with E-state index < -0.39 is 0 Å². The molecule has 2 aliphatic rings. The highest BCUT2D eigenvalue weighted by Gasteiger charge is 2.20. The molecule has 0 radical (unpaired) electrons. The Morgan fingerprint density at radius 2 is 1.62 bits per heavy atom. The maximum absolute atomic E-state index is 11.6. The van der Waals surface area contributed by atoms with Crippen molar-refractivity contribution >= 4 is 43.1 Å². The van der Waals surface area contributed by atoms with Crippen molar-refractivity contribution in [2.45, 2.75) is 32.6 Å². The molecule has 24 heavy (non-hydrogen) atoms. The Balaban J connectivity index is 0. The lowest BCUT2D eigenvalue weighted by atomic mass is 10.2. The zero-order chi connectivity index (χ0) is 14.9. The highest BCUT2D eigenvalue weighted by molar-refractivity contribution is 5.86. The Bertz CT molecular complexity index is 312. The molecular formula is C16H35Cl3N4O. The molecule has 8 heteroatoms. The molecule has 1 saturated carbocycles. The first-order chi connectivity index (χ1) is 10.3. The molecular weight excluding hydrogens is 371 g/mol. The monoisotopic (exact) mass is 404 g/mol. The number of nitrogens with zero attached hydrogens (tertiary/aromatic N) is 2. The molecule has 1 heterocycles. The van der Waals surface area contributed by atoms with Gasteiger partial charge < -0.3 is 20.4 Å². The van der Waals surface area contributed by atoms with Gasteiger partial charge in [-0.3, -0.25) is 4.79 Å². The van der Waals surface area contributed by atoms with Crippen LogP contribution in [0.4, 0.5) is 0 Å². The maximum atomic E-state index is 11.6. The molecule has 0 aromatic heterocycles. The molecule has 1 aliphatic carbocycles. The summed E-state index contributed by atoms with van der Waals surface area (Å²) in [6, 6.07) is 0.